The number of nitrogen functional groups attached to an aromatic ring is 1. The molecule has 6 heteroatoms. The van der Waals surface area contributed by atoms with Crippen LogP contribution in [-0.2, 0) is 22.3 Å². The van der Waals surface area contributed by atoms with E-state index in [1.165, 1.54) is 0 Å². The first-order chi connectivity index (χ1) is 9.98. The predicted octanol–water partition coefficient (Wildman–Crippen LogP) is 1.76. The van der Waals surface area contributed by atoms with Crippen molar-refractivity contribution in [1.82, 2.24) is 4.72 Å². The maximum atomic E-state index is 12.0. The van der Waals surface area contributed by atoms with Gasteiger partial charge in [-0.1, -0.05) is 24.3 Å². The lowest BCUT2D eigenvalue weighted by molar-refractivity contribution is 0.580. The van der Waals surface area contributed by atoms with E-state index in [9.17, 15) is 8.42 Å². The van der Waals surface area contributed by atoms with Crippen molar-refractivity contribution in [2.45, 2.75) is 12.3 Å². The summed E-state index contributed by atoms with van der Waals surface area (Å²) in [6.07, 6.45) is 0. The molecule has 0 unspecified atom stereocenters. The van der Waals surface area contributed by atoms with Crippen molar-refractivity contribution in [3.63, 3.8) is 0 Å². The number of sulfonamides is 1. The summed E-state index contributed by atoms with van der Waals surface area (Å²) >= 11 is 0. The Morgan fingerprint density at radius 2 is 1.81 bits per heavy atom. The molecule has 2 aromatic carbocycles. The molecule has 0 fully saturated rings. The van der Waals surface area contributed by atoms with Crippen LogP contribution in [0, 0.1) is 11.3 Å². The zero-order valence-electron chi connectivity index (χ0n) is 11.3. The van der Waals surface area contributed by atoms with Gasteiger partial charge in [0.25, 0.3) is 0 Å². The number of hydrogen-bond acceptors (Lipinski definition) is 4. The minimum Gasteiger partial charge on any atom is -0.399 e. The summed E-state index contributed by atoms with van der Waals surface area (Å²) in [4.78, 5) is 0. The fourth-order valence-corrected chi connectivity index (χ4v) is 2.95. The molecule has 0 aliphatic rings. The zero-order chi connectivity index (χ0) is 15.3. The molecule has 0 heterocycles. The molecule has 3 N–H and O–H groups in total. The lowest BCUT2D eigenvalue weighted by Gasteiger charge is -2.07. The minimum absolute atomic E-state index is 0.106. The zero-order valence-corrected chi connectivity index (χ0v) is 12.1. The minimum atomic E-state index is -3.44. The molecule has 0 aromatic heterocycles. The van der Waals surface area contributed by atoms with Crippen molar-refractivity contribution in [2.75, 3.05) is 5.73 Å². The van der Waals surface area contributed by atoms with Crippen LogP contribution in [0.15, 0.2) is 48.5 Å². The second kappa shape index (κ2) is 6.39. The average Bonchev–Trinajstić information content (AvgIpc) is 2.48. The van der Waals surface area contributed by atoms with E-state index in [0.29, 0.717) is 16.8 Å². The highest BCUT2D eigenvalue weighted by Gasteiger charge is 2.11. The Balaban J connectivity index is 2.01. The Morgan fingerprint density at radius 3 is 2.48 bits per heavy atom. The third kappa shape index (κ3) is 4.60. The molecule has 0 bridgehead atoms. The summed E-state index contributed by atoms with van der Waals surface area (Å²) in [5.41, 5.74) is 8.07. The van der Waals surface area contributed by atoms with E-state index < -0.39 is 10.0 Å². The summed E-state index contributed by atoms with van der Waals surface area (Å²) in [5, 5.41) is 8.81. The van der Waals surface area contributed by atoms with Crippen molar-refractivity contribution >= 4 is 15.7 Å². The van der Waals surface area contributed by atoms with E-state index in [0.717, 1.165) is 5.56 Å². The Hall–Kier alpha value is -2.36. The molecule has 0 saturated heterocycles. The molecule has 2 aromatic rings. The Morgan fingerprint density at radius 1 is 1.10 bits per heavy atom. The van der Waals surface area contributed by atoms with Crippen LogP contribution < -0.4 is 10.5 Å². The van der Waals surface area contributed by atoms with Gasteiger partial charge in [-0.25, -0.2) is 13.1 Å². The van der Waals surface area contributed by atoms with Crippen molar-refractivity contribution in [3.8, 4) is 6.07 Å². The van der Waals surface area contributed by atoms with Gasteiger partial charge in [-0.2, -0.15) is 5.26 Å². The number of rotatable bonds is 5. The lowest BCUT2D eigenvalue weighted by atomic mass is 10.1. The standard InChI is InChI=1S/C15H15N3O2S/c16-9-13-2-1-3-14(8-13)10-18-21(19,20)11-12-4-6-15(17)7-5-12/h1-8,18H,10-11,17H2. The van der Waals surface area contributed by atoms with Gasteiger partial charge in [0.15, 0.2) is 0 Å². The van der Waals surface area contributed by atoms with Crippen molar-refractivity contribution in [1.29, 1.82) is 5.26 Å². The van der Waals surface area contributed by atoms with Gasteiger partial charge in [0.05, 0.1) is 17.4 Å². The summed E-state index contributed by atoms with van der Waals surface area (Å²) in [5.74, 6) is -0.106. The summed E-state index contributed by atoms with van der Waals surface area (Å²) in [6, 6.07) is 15.6. The number of benzene rings is 2. The number of nitrogens with two attached hydrogens (primary N) is 1. The number of anilines is 1. The molecule has 21 heavy (non-hydrogen) atoms. The van der Waals surface area contributed by atoms with Crippen LogP contribution in [-0.4, -0.2) is 8.42 Å². The Bertz CT molecular complexity index is 762. The van der Waals surface area contributed by atoms with E-state index in [2.05, 4.69) is 4.72 Å². The van der Waals surface area contributed by atoms with Crippen LogP contribution in [0.1, 0.15) is 16.7 Å². The van der Waals surface area contributed by atoms with Crippen LogP contribution in [0.2, 0.25) is 0 Å². The van der Waals surface area contributed by atoms with Gasteiger partial charge in [-0.15, -0.1) is 0 Å². The first kappa shape index (κ1) is 15.0. The normalized spacial score (nSPS) is 11.0. The van der Waals surface area contributed by atoms with E-state index in [-0.39, 0.29) is 12.3 Å². The predicted molar refractivity (Wildman–Crippen MR) is 81.5 cm³/mol. The van der Waals surface area contributed by atoms with Crippen molar-refractivity contribution in [2.24, 2.45) is 0 Å². The monoisotopic (exact) mass is 301 g/mol. The second-order valence-corrected chi connectivity index (χ2v) is 6.44. The van der Waals surface area contributed by atoms with Gasteiger partial charge in [0.2, 0.25) is 10.0 Å². The molecular formula is C15H15N3O2S. The van der Waals surface area contributed by atoms with Crippen LogP contribution in [0.4, 0.5) is 5.69 Å². The molecule has 0 amide bonds. The number of nitrogens with one attached hydrogen (secondary N) is 1. The maximum Gasteiger partial charge on any atom is 0.216 e. The molecule has 0 aliphatic carbocycles. The fraction of sp³-hybridized carbons (Fsp3) is 0.133. The lowest BCUT2D eigenvalue weighted by Crippen LogP contribution is -2.24. The van der Waals surface area contributed by atoms with Crippen LogP contribution in [0.3, 0.4) is 0 Å². The molecule has 0 saturated carbocycles. The fourth-order valence-electron chi connectivity index (χ4n) is 1.83. The smallest absolute Gasteiger partial charge is 0.216 e. The average molecular weight is 301 g/mol. The molecular weight excluding hydrogens is 286 g/mol. The highest BCUT2D eigenvalue weighted by Crippen LogP contribution is 2.10. The largest absolute Gasteiger partial charge is 0.399 e. The van der Waals surface area contributed by atoms with Crippen LogP contribution in [0.25, 0.3) is 0 Å². The Kier molecular flexibility index (Phi) is 4.58. The maximum absolute atomic E-state index is 12.0. The quantitative estimate of drug-likeness (QED) is 0.822. The molecule has 0 atom stereocenters. The number of hydrogen-bond donors (Lipinski definition) is 2. The number of nitrogens with zero attached hydrogens (tertiary/aromatic N) is 1. The van der Waals surface area contributed by atoms with Crippen LogP contribution >= 0.6 is 0 Å². The molecule has 5 nitrogen and oxygen atoms in total. The van der Waals surface area contributed by atoms with Gasteiger partial charge in [-0.05, 0) is 35.4 Å². The highest BCUT2D eigenvalue weighted by molar-refractivity contribution is 7.88. The van der Waals surface area contributed by atoms with E-state index in [4.69, 9.17) is 11.0 Å². The molecule has 0 radical (unpaired) electrons. The van der Waals surface area contributed by atoms with Crippen LogP contribution in [0.5, 0.6) is 0 Å². The highest BCUT2D eigenvalue weighted by atomic mass is 32.2. The molecule has 2 rings (SSSR count). The van der Waals surface area contributed by atoms with Gasteiger partial charge >= 0.3 is 0 Å². The Labute approximate surface area is 124 Å². The van der Waals surface area contributed by atoms with Crippen molar-refractivity contribution < 1.29 is 8.42 Å². The molecule has 0 spiro atoms. The SMILES string of the molecule is N#Cc1cccc(CNS(=O)(=O)Cc2ccc(N)cc2)c1. The first-order valence-electron chi connectivity index (χ1n) is 6.29. The summed E-state index contributed by atoms with van der Waals surface area (Å²) in [6.45, 7) is 0.160. The van der Waals surface area contributed by atoms with E-state index in [1.807, 2.05) is 6.07 Å². The van der Waals surface area contributed by atoms with E-state index in [1.54, 1.807) is 48.5 Å². The van der Waals surface area contributed by atoms with Gasteiger partial charge < -0.3 is 5.73 Å². The van der Waals surface area contributed by atoms with Gasteiger partial charge in [0.1, 0.15) is 0 Å². The van der Waals surface area contributed by atoms with Gasteiger partial charge in [-0.3, -0.25) is 0 Å². The first-order valence-corrected chi connectivity index (χ1v) is 7.94. The third-order valence-corrected chi connectivity index (χ3v) is 4.19. The molecule has 0 aliphatic heterocycles. The van der Waals surface area contributed by atoms with E-state index >= 15 is 0 Å². The second-order valence-electron chi connectivity index (χ2n) is 4.63. The van der Waals surface area contributed by atoms with Gasteiger partial charge in [0, 0.05) is 12.2 Å². The van der Waals surface area contributed by atoms with Crippen molar-refractivity contribution in [3.05, 3.63) is 65.2 Å². The summed E-state index contributed by atoms with van der Waals surface area (Å²) < 4.78 is 26.5. The summed E-state index contributed by atoms with van der Waals surface area (Å²) in [7, 11) is -3.44. The topological polar surface area (TPSA) is 96.0 Å². The molecule has 108 valence electrons. The number of nitriles is 1. The third-order valence-electron chi connectivity index (χ3n) is 2.89.